The summed E-state index contributed by atoms with van der Waals surface area (Å²) in [7, 11) is 1.46. The number of aromatic nitrogens is 8. The van der Waals surface area contributed by atoms with E-state index in [9.17, 15) is 9.59 Å². The van der Waals surface area contributed by atoms with Crippen molar-refractivity contribution in [3.05, 3.63) is 88.6 Å². The maximum absolute atomic E-state index is 13.4. The van der Waals surface area contributed by atoms with Gasteiger partial charge in [-0.05, 0) is 66.1 Å². The van der Waals surface area contributed by atoms with Gasteiger partial charge in [0.05, 0.1) is 41.2 Å². The molecule has 0 bridgehead atoms. The second-order valence-corrected chi connectivity index (χ2v) is 9.20. The van der Waals surface area contributed by atoms with Crippen LogP contribution < -0.4 is 10.5 Å². The van der Waals surface area contributed by atoms with Gasteiger partial charge >= 0.3 is 6.09 Å². The third-order valence-corrected chi connectivity index (χ3v) is 6.80. The summed E-state index contributed by atoms with van der Waals surface area (Å²) in [6, 6.07) is 12.8. The minimum Gasteiger partial charge on any atom is -0.465 e. The van der Waals surface area contributed by atoms with E-state index in [1.54, 1.807) is 33.6 Å². The van der Waals surface area contributed by atoms with E-state index < -0.39 is 6.09 Å². The zero-order chi connectivity index (χ0) is 26.4. The van der Waals surface area contributed by atoms with Crippen LogP contribution in [-0.4, -0.2) is 58.0 Å². The molecular weight excluding hydrogens is 486 g/mol. The first-order valence-electron chi connectivity index (χ1n) is 12.0. The Morgan fingerprint density at radius 3 is 2.74 bits per heavy atom. The molecular formula is C26H23N9O3. The number of benzene rings is 1. The molecule has 0 saturated carbocycles. The van der Waals surface area contributed by atoms with Gasteiger partial charge in [-0.3, -0.25) is 14.7 Å². The van der Waals surface area contributed by atoms with Crippen molar-refractivity contribution in [1.82, 2.24) is 39.7 Å². The molecule has 12 nitrogen and oxygen atoms in total. The van der Waals surface area contributed by atoms with Crippen LogP contribution in [0.1, 0.15) is 29.5 Å². The largest absolute Gasteiger partial charge is 0.465 e. The number of rotatable bonds is 5. The number of amides is 1. The van der Waals surface area contributed by atoms with Gasteiger partial charge < -0.3 is 14.7 Å². The summed E-state index contributed by atoms with van der Waals surface area (Å²) < 4.78 is 3.38. The van der Waals surface area contributed by atoms with Gasteiger partial charge in [0.15, 0.2) is 0 Å². The summed E-state index contributed by atoms with van der Waals surface area (Å²) in [4.78, 5) is 37.9. The standard InChI is InChI=1S/C26H23N9O3/c1-15-3-7-22(34-14-29-31-32-34)19(9-15)16-10-17-5-8-23(35(17)24(36)11-16)25-28-13-21(30-25)20-6-4-18(12-27-20)33(2)26(37)38/h3-4,6-7,9-14,23H,5,8H2,1-2H3,(H,28,30)(H,37,38)/t23-/m0/s1. The minimum absolute atomic E-state index is 0.110. The second kappa shape index (κ2) is 9.07. The molecule has 0 saturated heterocycles. The van der Waals surface area contributed by atoms with Gasteiger partial charge in [0.1, 0.15) is 12.2 Å². The summed E-state index contributed by atoms with van der Waals surface area (Å²) in [5.41, 5.74) is 6.15. The highest BCUT2D eigenvalue weighted by Gasteiger charge is 2.28. The van der Waals surface area contributed by atoms with E-state index in [4.69, 9.17) is 5.11 Å². The molecule has 0 fully saturated rings. The number of aryl methyl sites for hydroxylation is 2. The van der Waals surface area contributed by atoms with E-state index in [1.807, 2.05) is 31.2 Å². The van der Waals surface area contributed by atoms with Crippen molar-refractivity contribution in [2.75, 3.05) is 11.9 Å². The molecule has 5 heterocycles. The van der Waals surface area contributed by atoms with E-state index in [2.05, 4.69) is 30.5 Å². The number of anilines is 1. The molecule has 0 spiro atoms. The molecule has 0 unspecified atom stereocenters. The molecule has 1 aliphatic heterocycles. The maximum atomic E-state index is 13.4. The van der Waals surface area contributed by atoms with Gasteiger partial charge in [-0.15, -0.1) is 5.10 Å². The maximum Gasteiger partial charge on any atom is 0.411 e. The quantitative estimate of drug-likeness (QED) is 0.367. The Bertz CT molecular complexity index is 1710. The molecule has 4 aromatic heterocycles. The lowest BCUT2D eigenvalue weighted by Gasteiger charge is -2.15. The van der Waals surface area contributed by atoms with Crippen molar-refractivity contribution in [3.8, 4) is 28.2 Å². The molecule has 2 N–H and O–H groups in total. The Kier molecular flexibility index (Phi) is 5.56. The topological polar surface area (TPSA) is 148 Å². The number of carbonyl (C=O) groups is 1. The summed E-state index contributed by atoms with van der Waals surface area (Å²) in [5.74, 6) is 0.673. The number of hydrogen-bond acceptors (Lipinski definition) is 7. The monoisotopic (exact) mass is 509 g/mol. The van der Waals surface area contributed by atoms with Crippen LogP contribution in [0.2, 0.25) is 0 Å². The Balaban J connectivity index is 1.32. The fraction of sp³-hybridized carbons (Fsp3) is 0.192. The van der Waals surface area contributed by atoms with Crippen LogP contribution in [0.5, 0.6) is 0 Å². The lowest BCUT2D eigenvalue weighted by Crippen LogP contribution is -2.24. The number of pyridine rings is 2. The third-order valence-electron chi connectivity index (χ3n) is 6.80. The van der Waals surface area contributed by atoms with Crippen LogP contribution in [0, 0.1) is 6.92 Å². The molecule has 1 aromatic carbocycles. The molecule has 190 valence electrons. The third kappa shape index (κ3) is 4.01. The van der Waals surface area contributed by atoms with Crippen molar-refractivity contribution in [3.63, 3.8) is 0 Å². The first kappa shape index (κ1) is 23.3. The van der Waals surface area contributed by atoms with Crippen LogP contribution in [0.3, 0.4) is 0 Å². The van der Waals surface area contributed by atoms with Gasteiger partial charge in [0, 0.05) is 24.4 Å². The van der Waals surface area contributed by atoms with Gasteiger partial charge in [-0.2, -0.15) is 4.68 Å². The fourth-order valence-corrected chi connectivity index (χ4v) is 4.85. The first-order chi connectivity index (χ1) is 18.4. The Hall–Kier alpha value is -5.13. The van der Waals surface area contributed by atoms with Crippen LogP contribution in [0.25, 0.3) is 28.2 Å². The predicted octanol–water partition coefficient (Wildman–Crippen LogP) is 3.23. The van der Waals surface area contributed by atoms with Crippen molar-refractivity contribution >= 4 is 11.8 Å². The van der Waals surface area contributed by atoms with E-state index >= 15 is 0 Å². The lowest BCUT2D eigenvalue weighted by atomic mass is 10.0. The van der Waals surface area contributed by atoms with Gasteiger partial charge in [-0.25, -0.2) is 9.78 Å². The Morgan fingerprint density at radius 2 is 2.00 bits per heavy atom. The summed E-state index contributed by atoms with van der Waals surface area (Å²) in [6.07, 6.45) is 5.10. The first-order valence-corrected chi connectivity index (χ1v) is 12.0. The molecule has 5 aromatic rings. The van der Waals surface area contributed by atoms with E-state index in [0.29, 0.717) is 22.9 Å². The number of tetrazole rings is 1. The number of carboxylic acid groups (broad SMARTS) is 1. The molecule has 1 amide bonds. The molecule has 1 atom stereocenters. The minimum atomic E-state index is -1.06. The van der Waals surface area contributed by atoms with Crippen LogP contribution >= 0.6 is 0 Å². The van der Waals surface area contributed by atoms with Crippen LogP contribution in [0.4, 0.5) is 10.5 Å². The van der Waals surface area contributed by atoms with Gasteiger partial charge in [-0.1, -0.05) is 11.6 Å². The lowest BCUT2D eigenvalue weighted by molar-refractivity contribution is 0.203. The van der Waals surface area contributed by atoms with E-state index in [0.717, 1.165) is 45.8 Å². The highest BCUT2D eigenvalue weighted by atomic mass is 16.4. The SMILES string of the molecule is Cc1ccc(-n2cnnn2)c(-c2cc3n(c(=O)c2)[C@H](c2ncc(-c4ccc(N(C)C(=O)O)cn4)[nH]2)CC3)c1. The van der Waals surface area contributed by atoms with Gasteiger partial charge in [0.2, 0.25) is 0 Å². The smallest absolute Gasteiger partial charge is 0.411 e. The molecule has 6 rings (SSSR count). The number of aromatic amines is 1. The summed E-state index contributed by atoms with van der Waals surface area (Å²) in [6.45, 7) is 2.00. The molecule has 12 heteroatoms. The predicted molar refractivity (Wildman–Crippen MR) is 138 cm³/mol. The Morgan fingerprint density at radius 1 is 1.13 bits per heavy atom. The van der Waals surface area contributed by atoms with Crippen molar-refractivity contribution in [2.45, 2.75) is 25.8 Å². The number of H-pyrrole nitrogens is 1. The molecule has 0 aliphatic carbocycles. The highest BCUT2D eigenvalue weighted by Crippen LogP contribution is 2.33. The number of nitrogens with one attached hydrogen (secondary N) is 1. The normalized spacial score (nSPS) is 14.4. The average Bonchev–Trinajstić information content (AvgIpc) is 3.69. The Labute approximate surface area is 216 Å². The number of imidazole rings is 1. The van der Waals surface area contributed by atoms with Crippen molar-refractivity contribution in [1.29, 1.82) is 0 Å². The summed E-state index contributed by atoms with van der Waals surface area (Å²) >= 11 is 0. The van der Waals surface area contributed by atoms with Gasteiger partial charge in [0.25, 0.3) is 5.56 Å². The zero-order valence-electron chi connectivity index (χ0n) is 20.6. The average molecular weight is 510 g/mol. The number of nitrogens with zero attached hydrogens (tertiary/aromatic N) is 8. The second-order valence-electron chi connectivity index (χ2n) is 9.20. The highest BCUT2D eigenvalue weighted by molar-refractivity contribution is 5.85. The van der Waals surface area contributed by atoms with E-state index in [1.165, 1.54) is 19.6 Å². The van der Waals surface area contributed by atoms with Crippen LogP contribution in [0.15, 0.2) is 66.0 Å². The zero-order valence-corrected chi connectivity index (χ0v) is 20.6. The molecule has 38 heavy (non-hydrogen) atoms. The van der Waals surface area contributed by atoms with Crippen molar-refractivity contribution in [2.24, 2.45) is 0 Å². The number of fused-ring (bicyclic) bond motifs is 1. The van der Waals surface area contributed by atoms with Crippen molar-refractivity contribution < 1.29 is 9.90 Å². The van der Waals surface area contributed by atoms with E-state index in [-0.39, 0.29) is 11.6 Å². The molecule has 0 radical (unpaired) electrons. The van der Waals surface area contributed by atoms with Crippen LogP contribution in [-0.2, 0) is 6.42 Å². The fourth-order valence-electron chi connectivity index (χ4n) is 4.85. The molecule has 1 aliphatic rings. The summed E-state index contributed by atoms with van der Waals surface area (Å²) in [5, 5.41) is 20.7. The number of hydrogen-bond donors (Lipinski definition) is 2.